The molecule has 0 unspecified atom stereocenters. The largest absolute Gasteiger partial charge is 0.338 e. The van der Waals surface area contributed by atoms with Gasteiger partial charge in [-0.1, -0.05) is 0 Å². The highest BCUT2D eigenvalue weighted by Crippen LogP contribution is 2.35. The van der Waals surface area contributed by atoms with Crippen LogP contribution in [0.1, 0.15) is 58.0 Å². The number of aryl methyl sites for hydroxylation is 1. The van der Waals surface area contributed by atoms with Crippen LogP contribution in [0.5, 0.6) is 0 Å². The molecule has 7 heteroatoms. The molecular weight excluding hydrogens is 395 g/mol. The van der Waals surface area contributed by atoms with E-state index >= 15 is 0 Å². The van der Waals surface area contributed by atoms with Gasteiger partial charge >= 0.3 is 0 Å². The van der Waals surface area contributed by atoms with E-state index in [-0.39, 0.29) is 11.8 Å². The van der Waals surface area contributed by atoms with E-state index in [9.17, 15) is 14.0 Å². The summed E-state index contributed by atoms with van der Waals surface area (Å²) in [6.07, 6.45) is 3.52. The first-order valence-electron chi connectivity index (χ1n) is 11.2. The summed E-state index contributed by atoms with van der Waals surface area (Å²) in [5.41, 5.74) is 4.51. The second kappa shape index (κ2) is 7.94. The van der Waals surface area contributed by atoms with E-state index in [1.54, 1.807) is 11.1 Å². The number of hydrogen-bond donors (Lipinski definition) is 0. The van der Waals surface area contributed by atoms with Crippen molar-refractivity contribution in [2.24, 2.45) is 0 Å². The zero-order valence-electron chi connectivity index (χ0n) is 17.8. The van der Waals surface area contributed by atoms with Gasteiger partial charge in [0.05, 0.1) is 5.56 Å². The molecule has 1 aromatic heterocycles. The fourth-order valence-electron chi connectivity index (χ4n) is 4.86. The second-order valence-electron chi connectivity index (χ2n) is 8.59. The Morgan fingerprint density at radius 1 is 1.16 bits per heavy atom. The number of likely N-dealkylation sites (tertiary alicyclic amines) is 1. The smallest absolute Gasteiger partial charge is 0.255 e. The first-order chi connectivity index (χ1) is 15.0. The summed E-state index contributed by atoms with van der Waals surface area (Å²) in [6, 6.07) is 7.96. The van der Waals surface area contributed by atoms with Crippen molar-refractivity contribution in [3.8, 4) is 0 Å². The van der Waals surface area contributed by atoms with Gasteiger partial charge in [0.25, 0.3) is 11.8 Å². The highest BCUT2D eigenvalue weighted by atomic mass is 19.1. The third-order valence-electron chi connectivity index (χ3n) is 6.65. The molecule has 3 aliphatic heterocycles. The number of anilines is 2. The van der Waals surface area contributed by atoms with Crippen LogP contribution in [-0.4, -0.2) is 58.9 Å². The van der Waals surface area contributed by atoms with Crippen molar-refractivity contribution >= 4 is 23.3 Å². The molecule has 31 heavy (non-hydrogen) atoms. The van der Waals surface area contributed by atoms with Crippen LogP contribution in [0.3, 0.4) is 0 Å². The van der Waals surface area contributed by atoms with Crippen LogP contribution < -0.4 is 4.90 Å². The molecule has 0 radical (unpaired) electrons. The lowest BCUT2D eigenvalue weighted by molar-refractivity contribution is 0.0666. The van der Waals surface area contributed by atoms with Crippen LogP contribution in [-0.2, 0) is 13.0 Å². The zero-order valence-corrected chi connectivity index (χ0v) is 17.8. The number of nitrogens with zero attached hydrogens (tertiary/aromatic N) is 4. The minimum Gasteiger partial charge on any atom is -0.338 e. The number of amides is 2. The van der Waals surface area contributed by atoms with Crippen LogP contribution >= 0.6 is 0 Å². The third-order valence-corrected chi connectivity index (χ3v) is 6.65. The third kappa shape index (κ3) is 3.56. The van der Waals surface area contributed by atoms with Gasteiger partial charge in [-0.3, -0.25) is 9.59 Å². The SMILES string of the molecule is CCN1Cc2cc(N3CCCc4cc(C(=O)N5CCC(F)CC5)cnc43)ccc2C1=O. The lowest BCUT2D eigenvalue weighted by atomic mass is 10.0. The van der Waals surface area contributed by atoms with E-state index in [4.69, 9.17) is 0 Å². The molecule has 5 rings (SSSR count). The molecule has 1 aromatic carbocycles. The van der Waals surface area contributed by atoms with Gasteiger partial charge in [-0.15, -0.1) is 0 Å². The minimum absolute atomic E-state index is 0.0602. The van der Waals surface area contributed by atoms with E-state index in [2.05, 4.69) is 16.0 Å². The van der Waals surface area contributed by atoms with Gasteiger partial charge < -0.3 is 14.7 Å². The van der Waals surface area contributed by atoms with Gasteiger partial charge in [0.1, 0.15) is 12.0 Å². The van der Waals surface area contributed by atoms with Gasteiger partial charge in [-0.05, 0) is 68.0 Å². The van der Waals surface area contributed by atoms with Crippen LogP contribution in [0, 0.1) is 0 Å². The Kier molecular flexibility index (Phi) is 5.12. The molecule has 0 aliphatic carbocycles. The van der Waals surface area contributed by atoms with Gasteiger partial charge in [0.15, 0.2) is 0 Å². The molecule has 4 heterocycles. The number of pyridine rings is 1. The number of carbonyl (C=O) groups is 2. The van der Waals surface area contributed by atoms with Gasteiger partial charge in [0.2, 0.25) is 0 Å². The molecule has 0 spiro atoms. The summed E-state index contributed by atoms with van der Waals surface area (Å²) in [7, 11) is 0. The maximum Gasteiger partial charge on any atom is 0.255 e. The number of alkyl halides is 1. The number of aromatic nitrogens is 1. The molecule has 162 valence electrons. The van der Waals surface area contributed by atoms with Crippen LogP contribution in [0.4, 0.5) is 15.9 Å². The number of piperidine rings is 1. The molecule has 1 fully saturated rings. The predicted octanol–water partition coefficient (Wildman–Crippen LogP) is 3.72. The first kappa shape index (κ1) is 20.0. The molecule has 0 saturated carbocycles. The fourth-order valence-corrected chi connectivity index (χ4v) is 4.86. The van der Waals surface area contributed by atoms with Crippen molar-refractivity contribution in [3.63, 3.8) is 0 Å². The van der Waals surface area contributed by atoms with E-state index < -0.39 is 6.17 Å². The molecule has 2 amide bonds. The Morgan fingerprint density at radius 3 is 2.74 bits per heavy atom. The minimum atomic E-state index is -0.800. The number of carbonyl (C=O) groups excluding carboxylic acids is 2. The summed E-state index contributed by atoms with van der Waals surface area (Å²) in [5.74, 6) is 0.915. The predicted molar refractivity (Wildman–Crippen MR) is 116 cm³/mol. The average molecular weight is 423 g/mol. The molecule has 0 atom stereocenters. The summed E-state index contributed by atoms with van der Waals surface area (Å²) in [5, 5.41) is 0. The topological polar surface area (TPSA) is 56.8 Å². The van der Waals surface area contributed by atoms with Gasteiger partial charge in [0, 0.05) is 50.2 Å². The average Bonchev–Trinajstić information content (AvgIpc) is 3.13. The lowest BCUT2D eigenvalue weighted by Crippen LogP contribution is -2.39. The summed E-state index contributed by atoms with van der Waals surface area (Å²) < 4.78 is 13.4. The fraction of sp³-hybridized carbons (Fsp3) is 0.458. The lowest BCUT2D eigenvalue weighted by Gasteiger charge is -2.32. The Hall–Kier alpha value is -2.96. The molecular formula is C24H27FN4O2. The summed E-state index contributed by atoms with van der Waals surface area (Å²) in [6.45, 7) is 5.12. The molecule has 2 aromatic rings. The van der Waals surface area contributed by atoms with Crippen molar-refractivity contribution < 1.29 is 14.0 Å². The Bertz CT molecular complexity index is 1030. The molecule has 3 aliphatic rings. The first-order valence-corrected chi connectivity index (χ1v) is 11.2. The van der Waals surface area contributed by atoms with E-state index in [0.29, 0.717) is 44.6 Å². The number of halogens is 1. The summed E-state index contributed by atoms with van der Waals surface area (Å²) >= 11 is 0. The number of hydrogen-bond acceptors (Lipinski definition) is 4. The van der Waals surface area contributed by atoms with Crippen molar-refractivity contribution in [2.75, 3.05) is 31.1 Å². The highest BCUT2D eigenvalue weighted by molar-refractivity contribution is 5.99. The summed E-state index contributed by atoms with van der Waals surface area (Å²) in [4.78, 5) is 35.7. The monoisotopic (exact) mass is 422 g/mol. The van der Waals surface area contributed by atoms with Crippen LogP contribution in [0.2, 0.25) is 0 Å². The molecule has 0 bridgehead atoms. The van der Waals surface area contributed by atoms with Crippen LogP contribution in [0.25, 0.3) is 0 Å². The Labute approximate surface area is 181 Å². The maximum atomic E-state index is 13.4. The normalized spacial score (nSPS) is 18.9. The standard InChI is InChI=1S/C24H27FN4O2/c1-2-27-15-18-13-20(5-6-21(18)24(27)31)29-9-3-4-16-12-17(14-26-22(16)29)23(30)28-10-7-19(25)8-11-28/h5-6,12-14,19H,2-4,7-11,15H2,1H3. The Morgan fingerprint density at radius 2 is 1.97 bits per heavy atom. The zero-order chi connectivity index (χ0) is 21.5. The molecule has 0 N–H and O–H groups in total. The second-order valence-corrected chi connectivity index (χ2v) is 8.59. The van der Waals surface area contributed by atoms with Crippen molar-refractivity contribution in [1.29, 1.82) is 0 Å². The molecule has 1 saturated heterocycles. The van der Waals surface area contributed by atoms with Gasteiger partial charge in [-0.25, -0.2) is 9.37 Å². The number of benzene rings is 1. The van der Waals surface area contributed by atoms with Crippen molar-refractivity contribution in [2.45, 2.75) is 45.3 Å². The van der Waals surface area contributed by atoms with Gasteiger partial charge in [-0.2, -0.15) is 0 Å². The van der Waals surface area contributed by atoms with E-state index in [1.807, 2.05) is 30.0 Å². The Balaban J connectivity index is 1.40. The highest BCUT2D eigenvalue weighted by Gasteiger charge is 2.29. The van der Waals surface area contributed by atoms with E-state index in [1.165, 1.54) is 0 Å². The quantitative estimate of drug-likeness (QED) is 0.757. The number of fused-ring (bicyclic) bond motifs is 2. The molecule has 6 nitrogen and oxygen atoms in total. The number of rotatable bonds is 3. The van der Waals surface area contributed by atoms with E-state index in [0.717, 1.165) is 47.6 Å². The maximum absolute atomic E-state index is 13.4. The van der Waals surface area contributed by atoms with Crippen molar-refractivity contribution in [1.82, 2.24) is 14.8 Å². The van der Waals surface area contributed by atoms with Crippen LogP contribution in [0.15, 0.2) is 30.5 Å². The van der Waals surface area contributed by atoms with Crippen molar-refractivity contribution in [3.05, 3.63) is 52.7 Å².